The summed E-state index contributed by atoms with van der Waals surface area (Å²) in [5, 5.41) is 11.6. The van der Waals surface area contributed by atoms with E-state index in [0.717, 1.165) is 48.2 Å². The number of rotatable bonds is 5. The highest BCUT2D eigenvalue weighted by Crippen LogP contribution is 2.37. The maximum absolute atomic E-state index is 12.5. The highest BCUT2D eigenvalue weighted by molar-refractivity contribution is 6.35. The van der Waals surface area contributed by atoms with E-state index >= 15 is 0 Å². The molecule has 6 heteroatoms. The quantitative estimate of drug-likeness (QED) is 0.835. The first kappa shape index (κ1) is 17.3. The van der Waals surface area contributed by atoms with Crippen LogP contribution in [0.4, 0.5) is 0 Å². The zero-order chi connectivity index (χ0) is 17.3. The first-order valence-corrected chi connectivity index (χ1v) is 8.89. The van der Waals surface area contributed by atoms with Crippen molar-refractivity contribution in [1.82, 2.24) is 15.5 Å². The molecule has 1 aliphatic rings. The van der Waals surface area contributed by atoms with Crippen molar-refractivity contribution >= 4 is 29.1 Å². The number of nitrogens with zero attached hydrogens (tertiary/aromatic N) is 1. The number of aryl methyl sites for hydroxylation is 2. The smallest absolute Gasteiger partial charge is 0.224 e. The van der Waals surface area contributed by atoms with E-state index in [4.69, 9.17) is 23.2 Å². The molecule has 0 spiro atoms. The van der Waals surface area contributed by atoms with Crippen molar-refractivity contribution in [2.24, 2.45) is 0 Å². The van der Waals surface area contributed by atoms with Crippen LogP contribution in [0.5, 0.6) is 0 Å². The van der Waals surface area contributed by atoms with Crippen LogP contribution in [0.3, 0.4) is 0 Å². The number of amides is 1. The third kappa shape index (κ3) is 3.60. The molecule has 1 aromatic heterocycles. The standard InChI is InChI=1S/C18H21Cl2N3O/c1-11-15(12(2)23-22-11)9-17(24)21-18(6-3-7-18)10-13-4-5-14(19)8-16(13)20/h4-5,8H,3,6-7,9-10H2,1-2H3,(H,21,24)(H,22,23). The fourth-order valence-electron chi connectivity index (χ4n) is 3.31. The molecule has 0 unspecified atom stereocenters. The van der Waals surface area contributed by atoms with Crippen LogP contribution in [-0.4, -0.2) is 21.6 Å². The molecule has 2 aromatic rings. The molecule has 1 heterocycles. The number of nitrogens with one attached hydrogen (secondary N) is 2. The van der Waals surface area contributed by atoms with Crippen LogP contribution >= 0.6 is 23.2 Å². The molecule has 4 nitrogen and oxygen atoms in total. The number of halogens is 2. The summed E-state index contributed by atoms with van der Waals surface area (Å²) < 4.78 is 0. The van der Waals surface area contributed by atoms with E-state index < -0.39 is 0 Å². The maximum Gasteiger partial charge on any atom is 0.224 e. The molecule has 1 aromatic carbocycles. The predicted molar refractivity (Wildman–Crippen MR) is 96.7 cm³/mol. The normalized spacial score (nSPS) is 15.8. The Kier molecular flexibility index (Phi) is 4.88. The summed E-state index contributed by atoms with van der Waals surface area (Å²) in [4.78, 5) is 12.5. The van der Waals surface area contributed by atoms with Gasteiger partial charge in [0, 0.05) is 26.8 Å². The summed E-state index contributed by atoms with van der Waals surface area (Å²) in [6.45, 7) is 3.86. The van der Waals surface area contributed by atoms with Crippen molar-refractivity contribution in [1.29, 1.82) is 0 Å². The third-order valence-corrected chi connectivity index (χ3v) is 5.46. The molecular formula is C18H21Cl2N3O. The molecule has 3 rings (SSSR count). The van der Waals surface area contributed by atoms with Crippen LogP contribution in [0.2, 0.25) is 10.0 Å². The first-order valence-electron chi connectivity index (χ1n) is 8.14. The van der Waals surface area contributed by atoms with Gasteiger partial charge >= 0.3 is 0 Å². The number of aromatic nitrogens is 2. The van der Waals surface area contributed by atoms with Crippen LogP contribution in [-0.2, 0) is 17.6 Å². The number of benzene rings is 1. The van der Waals surface area contributed by atoms with Gasteiger partial charge in [0.25, 0.3) is 0 Å². The average Bonchev–Trinajstić information content (AvgIpc) is 2.79. The molecule has 1 fully saturated rings. The number of carbonyl (C=O) groups is 1. The minimum atomic E-state index is -0.194. The van der Waals surface area contributed by atoms with Crippen molar-refractivity contribution in [3.05, 3.63) is 50.8 Å². The van der Waals surface area contributed by atoms with E-state index in [0.29, 0.717) is 16.5 Å². The predicted octanol–water partition coefficient (Wildman–Crippen LogP) is 4.16. The van der Waals surface area contributed by atoms with Gasteiger partial charge in [-0.05, 0) is 57.2 Å². The minimum Gasteiger partial charge on any atom is -0.350 e. The Balaban J connectivity index is 1.70. The molecule has 2 N–H and O–H groups in total. The lowest BCUT2D eigenvalue weighted by atomic mass is 9.72. The third-order valence-electron chi connectivity index (χ3n) is 4.88. The number of carbonyl (C=O) groups excluding carboxylic acids is 1. The fourth-order valence-corrected chi connectivity index (χ4v) is 3.79. The number of hydrogen-bond acceptors (Lipinski definition) is 2. The van der Waals surface area contributed by atoms with E-state index in [-0.39, 0.29) is 11.4 Å². The Morgan fingerprint density at radius 1 is 1.33 bits per heavy atom. The summed E-state index contributed by atoms with van der Waals surface area (Å²) in [6, 6.07) is 5.54. The van der Waals surface area contributed by atoms with E-state index in [9.17, 15) is 4.79 Å². The summed E-state index contributed by atoms with van der Waals surface area (Å²) in [6.07, 6.45) is 4.15. The summed E-state index contributed by atoms with van der Waals surface area (Å²) in [5.41, 5.74) is 3.64. The molecule has 0 saturated heterocycles. The van der Waals surface area contributed by atoms with Crippen LogP contribution in [0.15, 0.2) is 18.2 Å². The van der Waals surface area contributed by atoms with Gasteiger partial charge < -0.3 is 5.32 Å². The fraction of sp³-hybridized carbons (Fsp3) is 0.444. The van der Waals surface area contributed by atoms with Crippen LogP contribution in [0, 0.1) is 13.8 Å². The average molecular weight is 366 g/mol. The summed E-state index contributed by atoms with van der Waals surface area (Å²) >= 11 is 12.3. The number of H-pyrrole nitrogens is 1. The van der Waals surface area contributed by atoms with Crippen LogP contribution < -0.4 is 5.32 Å². The molecule has 0 radical (unpaired) electrons. The van der Waals surface area contributed by atoms with E-state index in [1.54, 1.807) is 6.07 Å². The molecule has 128 valence electrons. The molecule has 1 saturated carbocycles. The van der Waals surface area contributed by atoms with Crippen LogP contribution in [0.25, 0.3) is 0 Å². The minimum absolute atomic E-state index is 0.0346. The second-order valence-electron chi connectivity index (χ2n) is 6.68. The molecular weight excluding hydrogens is 345 g/mol. The highest BCUT2D eigenvalue weighted by atomic mass is 35.5. The van der Waals surface area contributed by atoms with Crippen molar-refractivity contribution in [2.75, 3.05) is 0 Å². The molecule has 0 atom stereocenters. The van der Waals surface area contributed by atoms with E-state index in [1.807, 2.05) is 26.0 Å². The number of hydrogen-bond donors (Lipinski definition) is 2. The molecule has 0 aliphatic heterocycles. The van der Waals surface area contributed by atoms with Gasteiger partial charge in [0.1, 0.15) is 0 Å². The van der Waals surface area contributed by atoms with Gasteiger partial charge in [-0.25, -0.2) is 0 Å². The Morgan fingerprint density at radius 3 is 2.62 bits per heavy atom. The lowest BCUT2D eigenvalue weighted by molar-refractivity contribution is -0.123. The van der Waals surface area contributed by atoms with Gasteiger partial charge in [-0.3, -0.25) is 9.89 Å². The van der Waals surface area contributed by atoms with Gasteiger partial charge in [0.15, 0.2) is 0 Å². The Morgan fingerprint density at radius 2 is 2.08 bits per heavy atom. The topological polar surface area (TPSA) is 57.8 Å². The molecule has 1 aliphatic carbocycles. The maximum atomic E-state index is 12.5. The second kappa shape index (κ2) is 6.77. The monoisotopic (exact) mass is 365 g/mol. The van der Waals surface area contributed by atoms with Gasteiger partial charge in [0.05, 0.1) is 12.1 Å². The van der Waals surface area contributed by atoms with Crippen LogP contribution in [0.1, 0.15) is 41.8 Å². The highest BCUT2D eigenvalue weighted by Gasteiger charge is 2.38. The van der Waals surface area contributed by atoms with Gasteiger partial charge in [-0.1, -0.05) is 29.3 Å². The van der Waals surface area contributed by atoms with Gasteiger partial charge in [0.2, 0.25) is 5.91 Å². The SMILES string of the molecule is Cc1n[nH]c(C)c1CC(=O)NC1(Cc2ccc(Cl)cc2Cl)CCC1. The zero-order valence-electron chi connectivity index (χ0n) is 13.9. The summed E-state index contributed by atoms with van der Waals surface area (Å²) in [5.74, 6) is 0.0346. The van der Waals surface area contributed by atoms with E-state index in [1.165, 1.54) is 0 Å². The Hall–Kier alpha value is -1.52. The van der Waals surface area contributed by atoms with Crippen molar-refractivity contribution in [2.45, 2.75) is 51.5 Å². The van der Waals surface area contributed by atoms with Crippen molar-refractivity contribution in [3.8, 4) is 0 Å². The van der Waals surface area contributed by atoms with Gasteiger partial charge in [-0.2, -0.15) is 5.10 Å². The Labute approximate surface area is 151 Å². The number of aromatic amines is 1. The lowest BCUT2D eigenvalue weighted by Crippen LogP contribution is -2.55. The molecule has 24 heavy (non-hydrogen) atoms. The molecule has 1 amide bonds. The Bertz CT molecular complexity index is 746. The summed E-state index contributed by atoms with van der Waals surface area (Å²) in [7, 11) is 0. The second-order valence-corrected chi connectivity index (χ2v) is 7.53. The zero-order valence-corrected chi connectivity index (χ0v) is 15.4. The van der Waals surface area contributed by atoms with Crippen molar-refractivity contribution in [3.63, 3.8) is 0 Å². The molecule has 0 bridgehead atoms. The lowest BCUT2D eigenvalue weighted by Gasteiger charge is -2.43. The van der Waals surface area contributed by atoms with Crippen molar-refractivity contribution < 1.29 is 4.79 Å². The van der Waals surface area contributed by atoms with E-state index in [2.05, 4.69) is 15.5 Å². The largest absolute Gasteiger partial charge is 0.350 e. The first-order chi connectivity index (χ1) is 11.4. The van der Waals surface area contributed by atoms with Gasteiger partial charge in [-0.15, -0.1) is 0 Å².